The maximum absolute atomic E-state index is 12.9. The second-order valence-electron chi connectivity index (χ2n) is 33.8. The molecule has 0 aliphatic carbocycles. The SMILES string of the molecule is Cn1ccnc1S(=O)(=O)N1CCc2cc(-c3ccc(S(C)(=O)=O)cc3)ccc2C1.Cn1ccnc1S(=O)(=O)N1CCc2cc(-c3cccc(S(C)(=O)=O)c3)ccc2C1.Cn1cnc(S(=O)(=O)N2CCc3cc(-c4ccc(S(C)(=O)=O)cc4)ccc3C2)c1.Cn1cnc(S(=O)(=O)N2CCc3cc(-c4cccc(S(C)(=O)=O)c4)ccc3C2)c1.O=C(c1cccc(Cl)c1)N1CCc2cc(Br)ccc2C1. The molecule has 5 aliphatic heterocycles. The third-order valence-electron chi connectivity index (χ3n) is 24.0. The molecular weight excluding hydrogens is 1980 g/mol. The van der Waals surface area contributed by atoms with Crippen molar-refractivity contribution in [1.29, 1.82) is 0 Å². The lowest BCUT2D eigenvalue weighted by molar-refractivity contribution is 0.0734. The number of nitrogens with zero attached hydrogens (tertiary/aromatic N) is 13. The molecule has 136 heavy (non-hydrogen) atoms. The lowest BCUT2D eigenvalue weighted by atomic mass is 9.95. The van der Waals surface area contributed by atoms with Crippen LogP contribution in [-0.2, 0) is 172 Å². The lowest BCUT2D eigenvalue weighted by Crippen LogP contribution is -2.37. The van der Waals surface area contributed by atoms with E-state index in [1.807, 2.05) is 95.9 Å². The van der Waals surface area contributed by atoms with Crippen LogP contribution < -0.4 is 0 Å². The predicted octanol–water partition coefficient (Wildman–Crippen LogP) is 13.3. The van der Waals surface area contributed by atoms with Crippen molar-refractivity contribution in [2.75, 3.05) is 57.7 Å². The minimum absolute atomic E-state index is 0.0372. The number of sulfone groups is 4. The Bertz CT molecular complexity index is 7960. The van der Waals surface area contributed by atoms with E-state index in [2.05, 4.69) is 60.1 Å². The molecule has 0 fully saturated rings. The summed E-state index contributed by atoms with van der Waals surface area (Å²) in [5.41, 5.74) is 18.6. The molecule has 4 aromatic heterocycles. The topological polar surface area (TPSA) is 378 Å². The third-order valence-corrected chi connectivity index (χ3v) is 36.3. The van der Waals surface area contributed by atoms with Crippen LogP contribution in [0.1, 0.15) is 66.0 Å². The Balaban J connectivity index is 0.000000130. The number of hydrogen-bond acceptors (Lipinski definition) is 21. The van der Waals surface area contributed by atoms with Gasteiger partial charge in [-0.15, -0.1) is 0 Å². The summed E-state index contributed by atoms with van der Waals surface area (Å²) in [7, 11) is -20.8. The van der Waals surface area contributed by atoms with Crippen molar-refractivity contribution in [3.05, 3.63) is 333 Å². The highest BCUT2D eigenvalue weighted by Crippen LogP contribution is 2.37. The first-order valence-corrected chi connectivity index (χ1v) is 57.2. The van der Waals surface area contributed by atoms with Crippen LogP contribution in [0.2, 0.25) is 5.02 Å². The van der Waals surface area contributed by atoms with Gasteiger partial charge in [0, 0.05) is 171 Å². The van der Waals surface area contributed by atoms with Gasteiger partial charge in [-0.1, -0.05) is 161 Å². The quantitative estimate of drug-likeness (QED) is 0.0817. The fourth-order valence-corrected chi connectivity index (χ4v) is 25.4. The van der Waals surface area contributed by atoms with Crippen LogP contribution in [0.4, 0.5) is 0 Å². The first-order valence-electron chi connectivity index (χ1n) is 42.7. The van der Waals surface area contributed by atoms with Crippen molar-refractivity contribution in [3.8, 4) is 44.5 Å². The molecule has 19 rings (SSSR count). The number of benzene rings is 10. The van der Waals surface area contributed by atoms with Gasteiger partial charge < -0.3 is 23.2 Å². The van der Waals surface area contributed by atoms with Gasteiger partial charge in [0.25, 0.3) is 46.0 Å². The van der Waals surface area contributed by atoms with E-state index in [-0.39, 0.29) is 58.9 Å². The first-order chi connectivity index (χ1) is 64.2. The number of aryl methyl sites for hydroxylation is 4. The van der Waals surface area contributed by atoms with Crippen LogP contribution in [0, 0.1) is 0 Å². The summed E-state index contributed by atoms with van der Waals surface area (Å²) < 4.78 is 210. The molecule has 0 radical (unpaired) electrons. The summed E-state index contributed by atoms with van der Waals surface area (Å²) in [5, 5.41) is 0.791. The van der Waals surface area contributed by atoms with Gasteiger partial charge in [0.2, 0.25) is 10.3 Å². The Morgan fingerprint density at radius 2 is 0.632 bits per heavy atom. The standard InChI is InChI=1S/4C20H21N3O4S2.C16H13BrClNO/c1-22-12-10-21-20(22)29(26,27)23-11-9-17-13-16(3-4-18(17)14-23)15-5-7-19(8-6-15)28(2,24)25;1-22-13-20(21-14-22)29(26,27)23-10-9-17-11-16(3-4-18(17)12-23)15-5-7-19(8-6-15)28(2,24)25;1-22-11-9-21-20(22)29(26,27)23-10-8-17-12-16(6-7-18(17)14-23)15-4-3-5-19(13-15)28(2,24)25;1-22-13-20(21-14-22)29(26,27)23-9-8-17-10-16(6-7-18(17)12-23)15-4-3-5-19(11-15)28(2,24)25;17-14-5-4-13-10-19(7-6-11(13)8-14)16(20)12-2-1-3-15(18)9-12/h3-8,10,12-13H,9,11,14H2,1-2H3;3-8,11,13-14H,9-10,12H2,1-2H3;3-7,9,11-13H,8,10,14H2,1-2H3;3-7,10-11,13-14H,8-9,12H2,1-2H3;1-5,8-9H,6-7,10H2. The Kier molecular flexibility index (Phi) is 29.2. The van der Waals surface area contributed by atoms with Gasteiger partial charge in [0.15, 0.2) is 49.4 Å². The molecule has 0 unspecified atom stereocenters. The van der Waals surface area contributed by atoms with E-state index in [1.54, 1.807) is 147 Å². The second-order valence-corrected chi connectivity index (χ2v) is 50.6. The van der Waals surface area contributed by atoms with Crippen molar-refractivity contribution in [2.45, 2.75) is 105 Å². The van der Waals surface area contributed by atoms with Crippen molar-refractivity contribution < 1.29 is 72.1 Å². The zero-order valence-electron chi connectivity index (χ0n) is 75.2. The smallest absolute Gasteiger partial charge is 0.277 e. The fraction of sp³-hybridized carbons (Fsp3) is 0.240. The van der Waals surface area contributed by atoms with E-state index < -0.39 is 79.4 Å². The van der Waals surface area contributed by atoms with Gasteiger partial charge in [0.05, 0.1) is 32.2 Å². The minimum Gasteiger partial charge on any atom is -0.339 e. The molecule has 0 atom stereocenters. The number of halogens is 2. The maximum Gasteiger partial charge on any atom is 0.277 e. The van der Waals surface area contributed by atoms with E-state index in [4.69, 9.17) is 11.6 Å². The van der Waals surface area contributed by atoms with Gasteiger partial charge >= 0.3 is 0 Å². The molecular formula is C96H97BrClN13O17S8. The van der Waals surface area contributed by atoms with Crippen molar-refractivity contribution in [1.82, 2.24) is 60.3 Å². The molecule has 710 valence electrons. The number of rotatable bonds is 17. The van der Waals surface area contributed by atoms with Crippen LogP contribution in [0.25, 0.3) is 44.5 Å². The van der Waals surface area contributed by atoms with E-state index in [9.17, 15) is 72.1 Å². The van der Waals surface area contributed by atoms with E-state index in [1.165, 1.54) is 99.9 Å². The summed E-state index contributed by atoms with van der Waals surface area (Å²) in [5.74, 6) is 0.0427. The summed E-state index contributed by atoms with van der Waals surface area (Å²) in [6, 6.07) is 64.1. The molecule has 1 amide bonds. The summed E-state index contributed by atoms with van der Waals surface area (Å²) in [4.78, 5) is 31.4. The molecule has 0 N–H and O–H groups in total. The molecule has 30 nitrogen and oxygen atoms in total. The number of carbonyl (C=O) groups excluding carboxylic acids is 1. The molecule has 9 heterocycles. The molecule has 10 aromatic carbocycles. The molecule has 0 bridgehead atoms. The van der Waals surface area contributed by atoms with Crippen LogP contribution in [0.15, 0.2) is 307 Å². The summed E-state index contributed by atoms with van der Waals surface area (Å²) in [6.07, 6.45) is 20.2. The molecule has 14 aromatic rings. The largest absolute Gasteiger partial charge is 0.339 e. The van der Waals surface area contributed by atoms with E-state index in [0.29, 0.717) is 82.1 Å². The Labute approximate surface area is 806 Å². The Hall–Kier alpha value is -11.3. The lowest BCUT2D eigenvalue weighted by Gasteiger charge is -2.29. The monoisotopic (exact) mass is 2070 g/mol. The maximum atomic E-state index is 12.9. The number of aromatic nitrogens is 8. The first kappa shape index (κ1) is 99.2. The van der Waals surface area contributed by atoms with Crippen molar-refractivity contribution >= 4 is 113 Å². The van der Waals surface area contributed by atoms with Gasteiger partial charge in [-0.3, -0.25) is 4.79 Å². The normalized spacial score (nSPS) is 15.1. The number of amides is 1. The van der Waals surface area contributed by atoms with Crippen LogP contribution >= 0.6 is 27.5 Å². The number of carbonyl (C=O) groups is 1. The highest BCUT2D eigenvalue weighted by molar-refractivity contribution is 9.10. The average molecular weight is 2080 g/mol. The predicted molar refractivity (Wildman–Crippen MR) is 522 cm³/mol. The zero-order valence-corrected chi connectivity index (χ0v) is 84.1. The number of hydrogen-bond donors (Lipinski definition) is 0. The Morgan fingerprint density at radius 1 is 0.316 bits per heavy atom. The van der Waals surface area contributed by atoms with Crippen molar-refractivity contribution in [3.63, 3.8) is 0 Å². The molecule has 5 aliphatic rings. The molecule has 0 saturated carbocycles. The zero-order chi connectivity index (χ0) is 97.4. The van der Waals surface area contributed by atoms with Crippen LogP contribution in [0.5, 0.6) is 0 Å². The van der Waals surface area contributed by atoms with Crippen LogP contribution in [0.3, 0.4) is 0 Å². The minimum atomic E-state index is -3.66. The summed E-state index contributed by atoms with van der Waals surface area (Å²) >= 11 is 9.43. The Morgan fingerprint density at radius 3 is 0.971 bits per heavy atom. The molecule has 40 heteroatoms. The summed E-state index contributed by atoms with van der Waals surface area (Å²) in [6.45, 7) is 4.11. The molecule has 0 spiro atoms. The average Bonchev–Trinajstić information content (AvgIpc) is 1.50. The third kappa shape index (κ3) is 22.7. The fourth-order valence-electron chi connectivity index (χ4n) is 16.5. The van der Waals surface area contributed by atoms with E-state index >= 15 is 0 Å². The molecule has 0 saturated heterocycles. The number of fused-ring (bicyclic) bond motifs is 5. The van der Waals surface area contributed by atoms with Gasteiger partial charge in [-0.2, -0.15) is 17.2 Å². The van der Waals surface area contributed by atoms with Gasteiger partial charge in [0.1, 0.15) is 0 Å². The number of sulfonamides is 4. The highest BCUT2D eigenvalue weighted by Gasteiger charge is 2.36. The highest BCUT2D eigenvalue weighted by atomic mass is 79.9. The van der Waals surface area contributed by atoms with Gasteiger partial charge in [-0.25, -0.2) is 87.3 Å². The van der Waals surface area contributed by atoms with Crippen molar-refractivity contribution in [2.24, 2.45) is 28.2 Å². The van der Waals surface area contributed by atoms with E-state index in [0.717, 1.165) is 106 Å². The van der Waals surface area contributed by atoms with Gasteiger partial charge in [-0.05, 0) is 211 Å². The second kappa shape index (κ2) is 40.0. The van der Waals surface area contributed by atoms with Crippen LogP contribution in [-0.4, -0.2) is 191 Å². The number of imidazole rings is 4.